The highest BCUT2D eigenvalue weighted by Gasteiger charge is 2.34. The van der Waals surface area contributed by atoms with E-state index >= 15 is 0 Å². The van der Waals surface area contributed by atoms with Crippen LogP contribution in [0.4, 0.5) is 5.69 Å². The first-order chi connectivity index (χ1) is 13.9. The van der Waals surface area contributed by atoms with Gasteiger partial charge in [-0.1, -0.05) is 54.1 Å². The zero-order chi connectivity index (χ0) is 20.7. The molecular weight excluding hydrogens is 390 g/mol. The lowest BCUT2D eigenvalue weighted by Crippen LogP contribution is -2.25. The third-order valence-corrected chi connectivity index (χ3v) is 5.29. The second kappa shape index (κ2) is 7.12. The quantitative estimate of drug-likeness (QED) is 0.440. The molecule has 3 aromatic carbocycles. The summed E-state index contributed by atoms with van der Waals surface area (Å²) < 4.78 is 6.19. The molecule has 144 valence electrons. The summed E-state index contributed by atoms with van der Waals surface area (Å²) in [5.74, 6) is 0.550. The van der Waals surface area contributed by atoms with Crippen LogP contribution in [0.5, 0.6) is 5.75 Å². The number of fused-ring (bicyclic) bond motifs is 3. The van der Waals surface area contributed by atoms with Gasteiger partial charge in [0.05, 0.1) is 10.8 Å². The van der Waals surface area contributed by atoms with Crippen molar-refractivity contribution >= 4 is 28.1 Å². The predicted octanol–water partition coefficient (Wildman–Crippen LogP) is 5.22. The normalized spacial score (nSPS) is 15.4. The van der Waals surface area contributed by atoms with Crippen LogP contribution in [0.2, 0.25) is 5.02 Å². The highest BCUT2D eigenvalue weighted by molar-refractivity contribution is 6.32. The second-order valence-electron chi connectivity index (χ2n) is 6.93. The smallest absolute Gasteiger partial charge is 0.288 e. The molecular formula is C22H16ClN3O3. The third kappa shape index (κ3) is 3.06. The first-order valence-corrected chi connectivity index (χ1v) is 9.25. The minimum atomic E-state index is -0.519. The molecule has 0 bridgehead atoms. The monoisotopic (exact) mass is 405 g/mol. The maximum absolute atomic E-state index is 11.4. The standard InChI is InChI=1S/C22H16ClN3O3/c1-25(2)22-17(12-24)20(14-8-10-18(23)19(11-14)26(27)28)16-9-7-13-5-3-4-6-15(13)21(16)29-22/h3-11,20H,1-2H3. The Kier molecular flexibility index (Phi) is 4.61. The molecule has 1 atom stereocenters. The van der Waals surface area contributed by atoms with Crippen molar-refractivity contribution in [1.29, 1.82) is 5.26 Å². The zero-order valence-corrected chi connectivity index (χ0v) is 16.5. The number of rotatable bonds is 3. The van der Waals surface area contributed by atoms with E-state index in [2.05, 4.69) is 6.07 Å². The van der Waals surface area contributed by atoms with Crippen LogP contribution in [0.25, 0.3) is 10.8 Å². The van der Waals surface area contributed by atoms with Crippen molar-refractivity contribution < 1.29 is 9.66 Å². The minimum Gasteiger partial charge on any atom is -0.439 e. The molecule has 0 aromatic heterocycles. The number of allylic oxidation sites excluding steroid dienone is 1. The van der Waals surface area contributed by atoms with E-state index in [4.69, 9.17) is 16.3 Å². The Morgan fingerprint density at radius 3 is 2.62 bits per heavy atom. The number of nitro benzene ring substituents is 1. The summed E-state index contributed by atoms with van der Waals surface area (Å²) in [5.41, 5.74) is 1.58. The summed E-state index contributed by atoms with van der Waals surface area (Å²) in [4.78, 5) is 12.6. The lowest BCUT2D eigenvalue weighted by Gasteiger charge is -2.31. The second-order valence-corrected chi connectivity index (χ2v) is 7.34. The van der Waals surface area contributed by atoms with Crippen molar-refractivity contribution in [3.63, 3.8) is 0 Å². The predicted molar refractivity (Wildman–Crippen MR) is 111 cm³/mol. The highest BCUT2D eigenvalue weighted by atomic mass is 35.5. The van der Waals surface area contributed by atoms with Gasteiger partial charge >= 0.3 is 0 Å². The first kappa shape index (κ1) is 18.8. The summed E-state index contributed by atoms with van der Waals surface area (Å²) >= 11 is 6.01. The number of halogens is 1. The van der Waals surface area contributed by atoms with Crippen LogP contribution in [0.1, 0.15) is 17.0 Å². The Labute approximate surface area is 172 Å². The lowest BCUT2D eigenvalue weighted by molar-refractivity contribution is -0.384. The fourth-order valence-corrected chi connectivity index (χ4v) is 3.86. The molecule has 0 radical (unpaired) electrons. The van der Waals surface area contributed by atoms with Gasteiger partial charge < -0.3 is 9.64 Å². The molecule has 0 saturated carbocycles. The van der Waals surface area contributed by atoms with E-state index < -0.39 is 10.8 Å². The van der Waals surface area contributed by atoms with Gasteiger partial charge in [0.15, 0.2) is 0 Å². The third-order valence-electron chi connectivity index (χ3n) is 4.97. The van der Waals surface area contributed by atoms with Crippen LogP contribution < -0.4 is 4.74 Å². The number of ether oxygens (including phenoxy) is 1. The Bertz CT molecular complexity index is 1230. The molecule has 0 amide bonds. The molecule has 7 heteroatoms. The average molecular weight is 406 g/mol. The largest absolute Gasteiger partial charge is 0.439 e. The van der Waals surface area contributed by atoms with Crippen molar-refractivity contribution in [3.8, 4) is 11.8 Å². The van der Waals surface area contributed by atoms with E-state index in [-0.39, 0.29) is 10.7 Å². The van der Waals surface area contributed by atoms with Crippen molar-refractivity contribution in [3.05, 3.63) is 92.3 Å². The lowest BCUT2D eigenvalue weighted by atomic mass is 9.82. The van der Waals surface area contributed by atoms with E-state index in [9.17, 15) is 15.4 Å². The van der Waals surface area contributed by atoms with Gasteiger partial charge in [0, 0.05) is 31.1 Å². The molecule has 3 aromatic rings. The van der Waals surface area contributed by atoms with Gasteiger partial charge in [-0.2, -0.15) is 5.26 Å². The molecule has 29 heavy (non-hydrogen) atoms. The molecule has 4 rings (SSSR count). The van der Waals surface area contributed by atoms with Crippen LogP contribution >= 0.6 is 11.6 Å². The average Bonchev–Trinajstić information content (AvgIpc) is 2.72. The molecule has 0 fully saturated rings. The van der Waals surface area contributed by atoms with Crippen LogP contribution in [0.15, 0.2) is 66.1 Å². The highest BCUT2D eigenvalue weighted by Crippen LogP contribution is 2.47. The summed E-state index contributed by atoms with van der Waals surface area (Å²) in [5, 5.41) is 23.3. The fourth-order valence-electron chi connectivity index (χ4n) is 3.67. The van der Waals surface area contributed by atoms with Gasteiger partial charge in [-0.3, -0.25) is 10.1 Å². The summed E-state index contributed by atoms with van der Waals surface area (Å²) in [7, 11) is 3.59. The molecule has 1 heterocycles. The molecule has 1 aliphatic heterocycles. The van der Waals surface area contributed by atoms with Crippen LogP contribution in [-0.2, 0) is 0 Å². The molecule has 6 nitrogen and oxygen atoms in total. The summed E-state index contributed by atoms with van der Waals surface area (Å²) in [6.45, 7) is 0. The number of nitriles is 1. The van der Waals surface area contributed by atoms with Crippen molar-refractivity contribution in [2.45, 2.75) is 5.92 Å². The van der Waals surface area contributed by atoms with E-state index in [0.717, 1.165) is 16.3 Å². The topological polar surface area (TPSA) is 79.4 Å². The van der Waals surface area contributed by atoms with Crippen molar-refractivity contribution in [2.24, 2.45) is 0 Å². The Hall–Kier alpha value is -3.56. The SMILES string of the molecule is CN(C)C1=C(C#N)C(c2ccc(Cl)c([N+](=O)[O-])c2)c2ccc3ccccc3c2O1. The van der Waals surface area contributed by atoms with Crippen molar-refractivity contribution in [1.82, 2.24) is 4.90 Å². The fraction of sp³-hybridized carbons (Fsp3) is 0.136. The van der Waals surface area contributed by atoms with E-state index in [0.29, 0.717) is 22.8 Å². The first-order valence-electron chi connectivity index (χ1n) is 8.87. The minimum absolute atomic E-state index is 0.0554. The van der Waals surface area contributed by atoms with Gasteiger partial charge in [0.25, 0.3) is 5.69 Å². The Morgan fingerprint density at radius 1 is 1.17 bits per heavy atom. The molecule has 0 aliphatic carbocycles. The number of nitrogens with zero attached hydrogens (tertiary/aromatic N) is 3. The van der Waals surface area contributed by atoms with Crippen LogP contribution in [0, 0.1) is 21.4 Å². The Balaban J connectivity index is 2.04. The molecule has 0 N–H and O–H groups in total. The number of nitro groups is 1. The number of hydrogen-bond acceptors (Lipinski definition) is 5. The maximum Gasteiger partial charge on any atom is 0.288 e. The number of hydrogen-bond donors (Lipinski definition) is 0. The van der Waals surface area contributed by atoms with Gasteiger partial charge in [-0.25, -0.2) is 0 Å². The van der Waals surface area contributed by atoms with E-state index in [1.807, 2.05) is 36.4 Å². The Morgan fingerprint density at radius 2 is 1.93 bits per heavy atom. The maximum atomic E-state index is 11.4. The van der Waals surface area contributed by atoms with Gasteiger partial charge in [0.1, 0.15) is 22.4 Å². The summed E-state index contributed by atoms with van der Waals surface area (Å²) in [6.07, 6.45) is 0. The van der Waals surface area contributed by atoms with E-state index in [1.165, 1.54) is 12.1 Å². The molecule has 0 spiro atoms. The molecule has 1 unspecified atom stereocenters. The van der Waals surface area contributed by atoms with Crippen molar-refractivity contribution in [2.75, 3.05) is 14.1 Å². The van der Waals surface area contributed by atoms with Gasteiger partial charge in [-0.05, 0) is 17.0 Å². The van der Waals surface area contributed by atoms with Gasteiger partial charge in [-0.15, -0.1) is 0 Å². The van der Waals surface area contributed by atoms with Gasteiger partial charge in [0.2, 0.25) is 5.88 Å². The van der Waals surface area contributed by atoms with Crippen LogP contribution in [0.3, 0.4) is 0 Å². The van der Waals surface area contributed by atoms with E-state index in [1.54, 1.807) is 25.1 Å². The van der Waals surface area contributed by atoms with Crippen LogP contribution in [-0.4, -0.2) is 23.9 Å². The molecule has 0 saturated heterocycles. The summed E-state index contributed by atoms with van der Waals surface area (Å²) in [6, 6.07) is 18.6. The molecule has 1 aliphatic rings. The number of benzene rings is 3. The zero-order valence-electron chi connectivity index (χ0n) is 15.7.